The average Bonchev–Trinajstić information content (AvgIpc) is 2.96. The van der Waals surface area contributed by atoms with Gasteiger partial charge >= 0.3 is 0 Å². The number of amides is 1. The van der Waals surface area contributed by atoms with Crippen molar-refractivity contribution in [2.24, 2.45) is 7.05 Å². The van der Waals surface area contributed by atoms with Crippen LogP contribution in [0.3, 0.4) is 0 Å². The summed E-state index contributed by atoms with van der Waals surface area (Å²) in [7, 11) is 3.84. The molecule has 1 aromatic carbocycles. The lowest BCUT2D eigenvalue weighted by Crippen LogP contribution is -2.49. The second-order valence-corrected chi connectivity index (χ2v) is 7.26. The summed E-state index contributed by atoms with van der Waals surface area (Å²) >= 11 is 1.46. The minimum absolute atomic E-state index is 0.0264. The van der Waals surface area contributed by atoms with E-state index in [1.807, 2.05) is 20.2 Å². The summed E-state index contributed by atoms with van der Waals surface area (Å²) in [6.07, 6.45) is 0.762. The first-order chi connectivity index (χ1) is 11.9. The van der Waals surface area contributed by atoms with Crippen molar-refractivity contribution >= 4 is 18.0 Å². The highest BCUT2D eigenvalue weighted by Crippen LogP contribution is 2.21. The fraction of sp³-hybridized carbons (Fsp3) is 0.412. The molecule has 2 atom stereocenters. The summed E-state index contributed by atoms with van der Waals surface area (Å²) in [5.74, 6) is -0.294. The Morgan fingerprint density at radius 1 is 1.40 bits per heavy atom. The van der Waals surface area contributed by atoms with Crippen molar-refractivity contribution in [2.75, 3.05) is 7.05 Å². The van der Waals surface area contributed by atoms with E-state index < -0.39 is 0 Å². The van der Waals surface area contributed by atoms with E-state index in [4.69, 9.17) is 0 Å². The third kappa shape index (κ3) is 4.20. The van der Waals surface area contributed by atoms with Crippen molar-refractivity contribution in [3.63, 3.8) is 0 Å². The summed E-state index contributed by atoms with van der Waals surface area (Å²) in [5.41, 5.74) is 2.53. The molecule has 1 aliphatic rings. The number of hydrogen-bond acceptors (Lipinski definition) is 5. The number of aromatic nitrogens is 2. The molecule has 1 fully saturated rings. The van der Waals surface area contributed by atoms with Gasteiger partial charge < -0.3 is 5.32 Å². The van der Waals surface area contributed by atoms with Gasteiger partial charge in [-0.3, -0.25) is 9.48 Å². The Morgan fingerprint density at radius 3 is 2.80 bits per heavy atom. The molecular formula is C17H22FN5OS. The third-order valence-corrected chi connectivity index (χ3v) is 5.40. The lowest BCUT2D eigenvalue weighted by Gasteiger charge is -2.33. The topological polar surface area (TPSA) is 62.2 Å². The number of halogens is 1. The minimum atomic E-state index is -0.267. The highest BCUT2D eigenvalue weighted by Gasteiger charge is 2.28. The van der Waals surface area contributed by atoms with Crippen LogP contribution in [0.15, 0.2) is 30.3 Å². The standard InChI is InChI=1S/C17H22FN5OS/c1-11-8-15(21-25-23(11)3)17(24)19-10-14-9-16(22(2)20-14)12-4-6-13(18)7-5-12/h4-7,9,11,15,21H,8,10H2,1-3H3,(H,19,24). The number of nitrogens with zero attached hydrogens (tertiary/aromatic N) is 3. The number of rotatable bonds is 4. The van der Waals surface area contributed by atoms with Gasteiger partial charge in [0.05, 0.1) is 24.0 Å². The lowest BCUT2D eigenvalue weighted by molar-refractivity contribution is -0.123. The van der Waals surface area contributed by atoms with Crippen LogP contribution in [0.1, 0.15) is 19.0 Å². The molecule has 134 valence electrons. The maximum atomic E-state index is 13.1. The fourth-order valence-corrected chi connectivity index (χ4v) is 3.50. The number of benzene rings is 1. The van der Waals surface area contributed by atoms with Crippen LogP contribution in [0.2, 0.25) is 0 Å². The molecule has 2 aromatic rings. The predicted octanol–water partition coefficient (Wildman–Crippen LogP) is 2.09. The second kappa shape index (κ2) is 7.55. The van der Waals surface area contributed by atoms with E-state index in [0.29, 0.717) is 12.6 Å². The number of nitrogens with one attached hydrogen (secondary N) is 2. The van der Waals surface area contributed by atoms with Crippen LogP contribution in [0.4, 0.5) is 4.39 Å². The van der Waals surface area contributed by atoms with Gasteiger partial charge in [-0.25, -0.2) is 13.4 Å². The molecule has 2 unspecified atom stereocenters. The monoisotopic (exact) mass is 363 g/mol. The van der Waals surface area contributed by atoms with Crippen molar-refractivity contribution < 1.29 is 9.18 Å². The first kappa shape index (κ1) is 17.9. The van der Waals surface area contributed by atoms with E-state index in [1.165, 1.54) is 24.3 Å². The number of aryl methyl sites for hydroxylation is 1. The molecule has 1 aliphatic heterocycles. The molecule has 0 saturated carbocycles. The molecule has 0 spiro atoms. The van der Waals surface area contributed by atoms with E-state index in [2.05, 4.69) is 26.4 Å². The first-order valence-corrected chi connectivity index (χ1v) is 8.93. The van der Waals surface area contributed by atoms with Crippen LogP contribution < -0.4 is 10.0 Å². The Morgan fingerprint density at radius 2 is 2.12 bits per heavy atom. The summed E-state index contributed by atoms with van der Waals surface area (Å²) in [4.78, 5) is 12.3. The van der Waals surface area contributed by atoms with E-state index >= 15 is 0 Å². The van der Waals surface area contributed by atoms with Crippen LogP contribution in [0.25, 0.3) is 11.3 Å². The summed E-state index contributed by atoms with van der Waals surface area (Å²) in [5, 5.41) is 7.36. The van der Waals surface area contributed by atoms with Crippen LogP contribution in [0, 0.1) is 5.82 Å². The molecule has 0 radical (unpaired) electrons. The second-order valence-electron chi connectivity index (χ2n) is 6.26. The minimum Gasteiger partial charge on any atom is -0.349 e. The Bertz CT molecular complexity index is 748. The zero-order valence-corrected chi connectivity index (χ0v) is 15.3. The zero-order valence-electron chi connectivity index (χ0n) is 14.5. The molecule has 1 aromatic heterocycles. The number of hydrogen-bond donors (Lipinski definition) is 2. The van der Waals surface area contributed by atoms with Crippen LogP contribution in [0.5, 0.6) is 0 Å². The Kier molecular flexibility index (Phi) is 5.41. The SMILES string of the molecule is CC1CC(C(=O)NCc2cc(-c3ccc(F)cc3)n(C)n2)NSN1C. The largest absolute Gasteiger partial charge is 0.349 e. The van der Waals surface area contributed by atoms with Crippen molar-refractivity contribution in [1.29, 1.82) is 0 Å². The van der Waals surface area contributed by atoms with Crippen LogP contribution in [-0.4, -0.2) is 39.1 Å². The van der Waals surface area contributed by atoms with E-state index in [1.54, 1.807) is 16.8 Å². The molecule has 25 heavy (non-hydrogen) atoms. The molecule has 6 nitrogen and oxygen atoms in total. The van der Waals surface area contributed by atoms with Crippen molar-refractivity contribution in [3.8, 4) is 11.3 Å². The average molecular weight is 363 g/mol. The summed E-state index contributed by atoms with van der Waals surface area (Å²) < 4.78 is 20.0. The van der Waals surface area contributed by atoms with Gasteiger partial charge in [-0.05, 0) is 56.3 Å². The van der Waals surface area contributed by atoms with Gasteiger partial charge in [-0.15, -0.1) is 0 Å². The maximum absolute atomic E-state index is 13.1. The molecule has 3 rings (SSSR count). The third-order valence-electron chi connectivity index (χ3n) is 4.37. The Hall–Kier alpha value is -1.90. The van der Waals surface area contributed by atoms with E-state index in [9.17, 15) is 9.18 Å². The first-order valence-electron chi connectivity index (χ1n) is 8.16. The Balaban J connectivity index is 1.61. The maximum Gasteiger partial charge on any atom is 0.238 e. The lowest BCUT2D eigenvalue weighted by atomic mass is 10.1. The molecule has 1 amide bonds. The molecule has 8 heteroatoms. The van der Waals surface area contributed by atoms with Crippen molar-refractivity contribution in [3.05, 3.63) is 41.8 Å². The molecule has 2 heterocycles. The molecule has 1 saturated heterocycles. The van der Waals surface area contributed by atoms with Gasteiger partial charge in [0.2, 0.25) is 5.91 Å². The van der Waals surface area contributed by atoms with Crippen molar-refractivity contribution in [2.45, 2.75) is 32.0 Å². The highest BCUT2D eigenvalue weighted by molar-refractivity contribution is 7.95. The number of carbonyl (C=O) groups is 1. The molecule has 0 aliphatic carbocycles. The smallest absolute Gasteiger partial charge is 0.238 e. The van der Waals surface area contributed by atoms with Crippen LogP contribution >= 0.6 is 12.1 Å². The van der Waals surface area contributed by atoms with Crippen molar-refractivity contribution in [1.82, 2.24) is 24.1 Å². The fourth-order valence-electron chi connectivity index (χ4n) is 2.74. The van der Waals surface area contributed by atoms with Gasteiger partial charge in [-0.2, -0.15) is 5.10 Å². The van der Waals surface area contributed by atoms with Gasteiger partial charge in [0, 0.05) is 25.2 Å². The quantitative estimate of drug-likeness (QED) is 0.815. The summed E-state index contributed by atoms with van der Waals surface area (Å²) in [6, 6.07) is 8.32. The van der Waals surface area contributed by atoms with E-state index in [0.717, 1.165) is 23.4 Å². The highest BCUT2D eigenvalue weighted by atomic mass is 32.2. The molecular weight excluding hydrogens is 341 g/mol. The van der Waals surface area contributed by atoms with Gasteiger partial charge in [0.15, 0.2) is 0 Å². The van der Waals surface area contributed by atoms with Gasteiger partial charge in [-0.1, -0.05) is 0 Å². The number of carbonyl (C=O) groups excluding carboxylic acids is 1. The van der Waals surface area contributed by atoms with Gasteiger partial charge in [0.1, 0.15) is 5.82 Å². The zero-order chi connectivity index (χ0) is 18.0. The van der Waals surface area contributed by atoms with Gasteiger partial charge in [0.25, 0.3) is 0 Å². The van der Waals surface area contributed by atoms with E-state index in [-0.39, 0.29) is 17.8 Å². The van der Waals surface area contributed by atoms with Crippen LogP contribution in [-0.2, 0) is 18.4 Å². The Labute approximate surface area is 151 Å². The normalized spacial score (nSPS) is 21.3. The molecule has 0 bridgehead atoms. The summed E-state index contributed by atoms with van der Waals surface area (Å²) in [6.45, 7) is 2.46. The predicted molar refractivity (Wildman–Crippen MR) is 96.8 cm³/mol. The molecule has 2 N–H and O–H groups in total.